The van der Waals surface area contributed by atoms with Crippen LogP contribution in [0, 0.1) is 5.82 Å². The molecule has 1 amide bonds. The molecule has 140 valence electrons. The number of aromatic nitrogens is 3. The molecule has 0 aliphatic heterocycles. The summed E-state index contributed by atoms with van der Waals surface area (Å²) < 4.78 is 16.2. The van der Waals surface area contributed by atoms with E-state index in [0.717, 1.165) is 11.3 Å². The molecule has 1 atom stereocenters. The van der Waals surface area contributed by atoms with E-state index in [4.69, 9.17) is 0 Å². The van der Waals surface area contributed by atoms with Gasteiger partial charge in [-0.05, 0) is 49.9 Å². The Hall–Kier alpha value is -2.58. The van der Waals surface area contributed by atoms with Crippen LogP contribution < -0.4 is 5.32 Å². The predicted octanol–water partition coefficient (Wildman–Crippen LogP) is 3.80. The molecule has 1 N–H and O–H groups in total. The van der Waals surface area contributed by atoms with E-state index in [-0.39, 0.29) is 24.2 Å². The third kappa shape index (κ3) is 4.78. The molecule has 0 fully saturated rings. The number of hydrogen-bond donors (Lipinski definition) is 1. The van der Waals surface area contributed by atoms with Crippen LogP contribution in [0.5, 0.6) is 0 Å². The fourth-order valence-electron chi connectivity index (χ4n) is 2.65. The Labute approximate surface area is 165 Å². The summed E-state index contributed by atoms with van der Waals surface area (Å²) in [6.07, 6.45) is 3.12. The van der Waals surface area contributed by atoms with Gasteiger partial charge in [-0.2, -0.15) is 5.10 Å². The average Bonchev–Trinajstić information content (AvgIpc) is 3.18. The van der Waals surface area contributed by atoms with Crippen LogP contribution in [0.2, 0.25) is 0 Å². The van der Waals surface area contributed by atoms with Crippen molar-refractivity contribution in [2.45, 2.75) is 13.0 Å². The number of amides is 1. The molecular formula is C19H19BrFN5O. The SMILES string of the molecule is CC(c1ccc(-n2cncn2)cc1)N(C)CC(=O)Nc1ccc(Br)cc1F. The number of nitrogens with one attached hydrogen (secondary N) is 1. The highest BCUT2D eigenvalue weighted by Gasteiger charge is 2.16. The number of nitrogens with zero attached hydrogens (tertiary/aromatic N) is 4. The molecule has 0 bridgehead atoms. The van der Waals surface area contributed by atoms with E-state index in [1.54, 1.807) is 17.1 Å². The number of carbonyl (C=O) groups excluding carboxylic acids is 1. The van der Waals surface area contributed by atoms with Gasteiger partial charge >= 0.3 is 0 Å². The van der Waals surface area contributed by atoms with Crippen molar-refractivity contribution in [2.24, 2.45) is 0 Å². The Kier molecular flexibility index (Phi) is 5.98. The van der Waals surface area contributed by atoms with Crippen LogP contribution in [-0.4, -0.2) is 39.2 Å². The molecule has 8 heteroatoms. The molecule has 0 saturated carbocycles. The normalized spacial score (nSPS) is 12.2. The van der Waals surface area contributed by atoms with Crippen LogP contribution in [0.4, 0.5) is 10.1 Å². The highest BCUT2D eigenvalue weighted by atomic mass is 79.9. The molecule has 0 aliphatic rings. The molecule has 1 heterocycles. The van der Waals surface area contributed by atoms with Gasteiger partial charge in [0, 0.05) is 10.5 Å². The minimum atomic E-state index is -0.475. The Morgan fingerprint density at radius 3 is 2.67 bits per heavy atom. The van der Waals surface area contributed by atoms with Gasteiger partial charge in [0.15, 0.2) is 0 Å². The van der Waals surface area contributed by atoms with Crippen molar-refractivity contribution in [2.75, 3.05) is 18.9 Å². The van der Waals surface area contributed by atoms with Gasteiger partial charge in [-0.3, -0.25) is 9.69 Å². The van der Waals surface area contributed by atoms with Gasteiger partial charge in [0.2, 0.25) is 5.91 Å². The van der Waals surface area contributed by atoms with Crippen molar-refractivity contribution < 1.29 is 9.18 Å². The zero-order valence-corrected chi connectivity index (χ0v) is 16.5. The zero-order chi connectivity index (χ0) is 19.4. The number of rotatable bonds is 6. The maximum absolute atomic E-state index is 13.9. The first-order valence-corrected chi connectivity index (χ1v) is 9.13. The van der Waals surface area contributed by atoms with Crippen molar-refractivity contribution in [1.82, 2.24) is 19.7 Å². The molecule has 3 rings (SSSR count). The molecule has 1 unspecified atom stereocenters. The van der Waals surface area contributed by atoms with Gasteiger partial charge in [-0.25, -0.2) is 14.1 Å². The number of likely N-dealkylation sites (N-methyl/N-ethyl adjacent to an activating group) is 1. The fraction of sp³-hybridized carbons (Fsp3) is 0.211. The van der Waals surface area contributed by atoms with Gasteiger partial charge in [-0.15, -0.1) is 0 Å². The lowest BCUT2D eigenvalue weighted by molar-refractivity contribution is -0.117. The summed E-state index contributed by atoms with van der Waals surface area (Å²) in [5.41, 5.74) is 2.14. The maximum atomic E-state index is 13.9. The number of hydrogen-bond acceptors (Lipinski definition) is 4. The summed E-state index contributed by atoms with van der Waals surface area (Å²) in [5.74, 6) is -0.748. The quantitative estimate of drug-likeness (QED) is 0.644. The standard InChI is InChI=1S/C19H19BrFN5O/c1-13(14-3-6-16(7-4-14)26-12-22-11-23-26)25(2)10-19(27)24-18-8-5-15(20)9-17(18)21/h3-9,11-13H,10H2,1-2H3,(H,24,27). The second kappa shape index (κ2) is 8.41. The summed E-state index contributed by atoms with van der Waals surface area (Å²) in [5, 5.41) is 6.70. The van der Waals surface area contributed by atoms with Crippen molar-refractivity contribution in [3.8, 4) is 5.69 Å². The second-order valence-corrected chi connectivity index (χ2v) is 7.11. The van der Waals surface area contributed by atoms with Gasteiger partial charge in [0.25, 0.3) is 0 Å². The van der Waals surface area contributed by atoms with Crippen molar-refractivity contribution in [3.05, 3.63) is 71.0 Å². The van der Waals surface area contributed by atoms with Crippen molar-refractivity contribution in [1.29, 1.82) is 0 Å². The topological polar surface area (TPSA) is 63.1 Å². The molecule has 0 spiro atoms. The summed E-state index contributed by atoms with van der Waals surface area (Å²) >= 11 is 3.20. The lowest BCUT2D eigenvalue weighted by Gasteiger charge is -2.24. The highest BCUT2D eigenvalue weighted by Crippen LogP contribution is 2.21. The predicted molar refractivity (Wildman–Crippen MR) is 105 cm³/mol. The number of halogens is 2. The molecular weight excluding hydrogens is 413 g/mol. The fourth-order valence-corrected chi connectivity index (χ4v) is 2.98. The lowest BCUT2D eigenvalue weighted by atomic mass is 10.1. The van der Waals surface area contributed by atoms with Gasteiger partial charge in [0.05, 0.1) is 17.9 Å². The third-order valence-corrected chi connectivity index (χ3v) is 4.81. The van der Waals surface area contributed by atoms with E-state index < -0.39 is 5.82 Å². The molecule has 27 heavy (non-hydrogen) atoms. The van der Waals surface area contributed by atoms with E-state index in [0.29, 0.717) is 4.47 Å². The van der Waals surface area contributed by atoms with Gasteiger partial charge < -0.3 is 5.32 Å². The van der Waals surface area contributed by atoms with E-state index in [2.05, 4.69) is 31.3 Å². The second-order valence-electron chi connectivity index (χ2n) is 6.20. The molecule has 3 aromatic rings. The van der Waals surface area contributed by atoms with E-state index in [9.17, 15) is 9.18 Å². The molecule has 2 aromatic carbocycles. The molecule has 6 nitrogen and oxygen atoms in total. The number of carbonyl (C=O) groups is 1. The van der Waals surface area contributed by atoms with Crippen LogP contribution in [0.15, 0.2) is 59.6 Å². The average molecular weight is 432 g/mol. The number of anilines is 1. The van der Waals surface area contributed by atoms with Crippen molar-refractivity contribution in [3.63, 3.8) is 0 Å². The maximum Gasteiger partial charge on any atom is 0.238 e. The minimum Gasteiger partial charge on any atom is -0.322 e. The largest absolute Gasteiger partial charge is 0.322 e. The Morgan fingerprint density at radius 1 is 1.30 bits per heavy atom. The smallest absolute Gasteiger partial charge is 0.238 e. The first-order valence-electron chi connectivity index (χ1n) is 8.34. The number of benzene rings is 2. The first-order chi connectivity index (χ1) is 12.9. The third-order valence-electron chi connectivity index (χ3n) is 4.32. The minimum absolute atomic E-state index is 0.00955. The Balaban J connectivity index is 1.61. The van der Waals surface area contributed by atoms with Crippen molar-refractivity contribution >= 4 is 27.5 Å². The first kappa shape index (κ1) is 19.2. The molecule has 0 aliphatic carbocycles. The van der Waals surface area contributed by atoms with E-state index >= 15 is 0 Å². The Bertz CT molecular complexity index is 914. The highest BCUT2D eigenvalue weighted by molar-refractivity contribution is 9.10. The monoisotopic (exact) mass is 431 g/mol. The molecule has 0 saturated heterocycles. The van der Waals surface area contributed by atoms with Crippen LogP contribution in [-0.2, 0) is 4.79 Å². The Morgan fingerprint density at radius 2 is 2.04 bits per heavy atom. The van der Waals surface area contributed by atoms with Crippen LogP contribution in [0.25, 0.3) is 5.69 Å². The molecule has 0 radical (unpaired) electrons. The van der Waals surface area contributed by atoms with Gasteiger partial charge in [-0.1, -0.05) is 28.1 Å². The summed E-state index contributed by atoms with van der Waals surface area (Å²) in [7, 11) is 1.85. The van der Waals surface area contributed by atoms with Crippen LogP contribution in [0.1, 0.15) is 18.5 Å². The lowest BCUT2D eigenvalue weighted by Crippen LogP contribution is -2.32. The summed E-state index contributed by atoms with van der Waals surface area (Å²) in [6.45, 7) is 2.15. The summed E-state index contributed by atoms with van der Waals surface area (Å²) in [4.78, 5) is 18.1. The van der Waals surface area contributed by atoms with Crippen LogP contribution in [0.3, 0.4) is 0 Å². The van der Waals surface area contributed by atoms with Crippen LogP contribution >= 0.6 is 15.9 Å². The van der Waals surface area contributed by atoms with E-state index in [1.807, 2.05) is 43.1 Å². The van der Waals surface area contributed by atoms with Gasteiger partial charge in [0.1, 0.15) is 18.5 Å². The molecule has 1 aromatic heterocycles. The zero-order valence-electron chi connectivity index (χ0n) is 14.9. The van der Waals surface area contributed by atoms with E-state index in [1.165, 1.54) is 18.5 Å². The summed E-state index contributed by atoms with van der Waals surface area (Å²) in [6, 6.07) is 12.4.